The van der Waals surface area contributed by atoms with Crippen LogP contribution < -0.4 is 10.5 Å². The summed E-state index contributed by atoms with van der Waals surface area (Å²) < 4.78 is 10.9. The Morgan fingerprint density at radius 3 is 2.58 bits per heavy atom. The fourth-order valence-corrected chi connectivity index (χ4v) is 1.94. The number of esters is 1. The van der Waals surface area contributed by atoms with Crippen molar-refractivity contribution >= 4 is 11.7 Å². The molecule has 2 N–H and O–H groups in total. The maximum Gasteiger partial charge on any atom is 0.333 e. The van der Waals surface area contributed by atoms with Crippen LogP contribution in [0.25, 0.3) is 5.70 Å². The lowest BCUT2D eigenvalue weighted by Gasteiger charge is -2.18. The smallest absolute Gasteiger partial charge is 0.333 e. The van der Waals surface area contributed by atoms with E-state index in [0.29, 0.717) is 17.9 Å². The summed E-state index contributed by atoms with van der Waals surface area (Å²) in [4.78, 5) is 15.9. The molecule has 0 spiro atoms. The third-order valence-electron chi connectivity index (χ3n) is 2.97. The molecule has 2 rings (SSSR count). The number of pyridine rings is 1. The predicted molar refractivity (Wildman–Crippen MR) is 93.0 cm³/mol. The van der Waals surface area contributed by atoms with E-state index in [9.17, 15) is 4.79 Å². The predicted octanol–water partition coefficient (Wildman–Crippen LogP) is 3.30. The van der Waals surface area contributed by atoms with Crippen molar-refractivity contribution in [1.29, 1.82) is 0 Å². The Morgan fingerprint density at radius 1 is 1.21 bits per heavy atom. The molecule has 24 heavy (non-hydrogen) atoms. The molecule has 0 saturated heterocycles. The van der Waals surface area contributed by atoms with Gasteiger partial charge in [-0.05, 0) is 32.4 Å². The van der Waals surface area contributed by atoms with Gasteiger partial charge in [0.05, 0.1) is 6.20 Å². The number of hydrogen-bond donors (Lipinski definition) is 1. The van der Waals surface area contributed by atoms with Gasteiger partial charge in [-0.25, -0.2) is 4.79 Å². The third kappa shape index (κ3) is 5.76. The molecule has 0 radical (unpaired) electrons. The van der Waals surface area contributed by atoms with Crippen molar-refractivity contribution in [2.75, 3.05) is 0 Å². The van der Waals surface area contributed by atoms with Gasteiger partial charge >= 0.3 is 5.97 Å². The maximum absolute atomic E-state index is 11.8. The van der Waals surface area contributed by atoms with Crippen molar-refractivity contribution in [3.8, 4) is 5.75 Å². The van der Waals surface area contributed by atoms with Gasteiger partial charge in [0.1, 0.15) is 18.0 Å². The molecule has 5 heteroatoms. The highest BCUT2D eigenvalue weighted by Gasteiger charge is 2.15. The summed E-state index contributed by atoms with van der Waals surface area (Å²) in [5.74, 6) is 0.0903. The highest BCUT2D eigenvalue weighted by Crippen LogP contribution is 2.17. The van der Waals surface area contributed by atoms with Crippen LogP contribution in [0.5, 0.6) is 5.75 Å². The molecular weight excluding hydrogens is 304 g/mol. The number of hydrogen-bond acceptors (Lipinski definition) is 5. The van der Waals surface area contributed by atoms with E-state index in [1.54, 1.807) is 39.2 Å². The summed E-state index contributed by atoms with van der Waals surface area (Å²) >= 11 is 0. The summed E-state index contributed by atoms with van der Waals surface area (Å²) in [6.45, 7) is 5.83. The Labute approximate surface area is 142 Å². The highest BCUT2D eigenvalue weighted by molar-refractivity contribution is 5.90. The zero-order valence-corrected chi connectivity index (χ0v) is 14.2. The van der Waals surface area contributed by atoms with Gasteiger partial charge in [0.15, 0.2) is 0 Å². The largest absolute Gasteiger partial charge is 0.487 e. The van der Waals surface area contributed by atoms with Crippen LogP contribution in [0.3, 0.4) is 0 Å². The van der Waals surface area contributed by atoms with Gasteiger partial charge in [-0.3, -0.25) is 4.98 Å². The Balaban J connectivity index is 2.05. The van der Waals surface area contributed by atoms with Crippen LogP contribution in [-0.2, 0) is 16.1 Å². The molecule has 5 nitrogen and oxygen atoms in total. The van der Waals surface area contributed by atoms with Crippen LogP contribution in [0, 0.1) is 0 Å². The fourth-order valence-electron chi connectivity index (χ4n) is 1.94. The summed E-state index contributed by atoms with van der Waals surface area (Å²) in [5, 5.41) is 0. The number of rotatable bonds is 5. The first-order valence-electron chi connectivity index (χ1n) is 7.66. The van der Waals surface area contributed by atoms with Crippen molar-refractivity contribution in [2.45, 2.75) is 33.0 Å². The number of nitrogens with zero attached hydrogens (tertiary/aromatic N) is 1. The third-order valence-corrected chi connectivity index (χ3v) is 2.97. The number of benzene rings is 1. The average molecular weight is 326 g/mol. The normalized spacial score (nSPS) is 11.9. The van der Waals surface area contributed by atoms with Crippen LogP contribution in [0.4, 0.5) is 0 Å². The Bertz CT molecular complexity index is 719. The lowest BCUT2D eigenvalue weighted by atomic mass is 10.2. The topological polar surface area (TPSA) is 74.4 Å². The van der Waals surface area contributed by atoms with Crippen LogP contribution in [0.1, 0.15) is 31.9 Å². The van der Waals surface area contributed by atoms with Gasteiger partial charge in [0.2, 0.25) is 0 Å². The second-order valence-electron chi connectivity index (χ2n) is 6.32. The molecule has 0 atom stereocenters. The molecular formula is C19H22N2O3. The summed E-state index contributed by atoms with van der Waals surface area (Å²) in [5.41, 5.74) is 7.33. The molecule has 0 saturated carbocycles. The highest BCUT2D eigenvalue weighted by atomic mass is 16.6. The summed E-state index contributed by atoms with van der Waals surface area (Å²) in [6.07, 6.45) is 4.43. The van der Waals surface area contributed by atoms with E-state index >= 15 is 0 Å². The number of ether oxygens (including phenoxy) is 2. The first kappa shape index (κ1) is 17.5. The van der Waals surface area contributed by atoms with Crippen LogP contribution in [0.15, 0.2) is 54.9 Å². The van der Waals surface area contributed by atoms with Crippen molar-refractivity contribution in [3.63, 3.8) is 0 Å². The van der Waals surface area contributed by atoms with E-state index < -0.39 is 11.6 Å². The molecule has 0 unspecified atom stereocenters. The van der Waals surface area contributed by atoms with E-state index in [1.807, 2.05) is 30.3 Å². The van der Waals surface area contributed by atoms with Gasteiger partial charge < -0.3 is 15.2 Å². The first-order valence-corrected chi connectivity index (χ1v) is 7.66. The van der Waals surface area contributed by atoms with Gasteiger partial charge in [-0.1, -0.05) is 30.3 Å². The summed E-state index contributed by atoms with van der Waals surface area (Å²) in [6, 6.07) is 11.6. The van der Waals surface area contributed by atoms with Crippen LogP contribution in [0.2, 0.25) is 0 Å². The molecule has 0 amide bonds. The Kier molecular flexibility index (Phi) is 5.58. The minimum absolute atomic E-state index is 0.280. The van der Waals surface area contributed by atoms with Gasteiger partial charge in [-0.2, -0.15) is 0 Å². The van der Waals surface area contributed by atoms with E-state index in [4.69, 9.17) is 15.2 Å². The number of carbonyl (C=O) groups excluding carboxylic acids is 1. The summed E-state index contributed by atoms with van der Waals surface area (Å²) in [7, 11) is 0. The lowest BCUT2D eigenvalue weighted by Crippen LogP contribution is -2.23. The SMILES string of the molecule is CC(C)(C)OC(=O)/C=C(/N)c1cncc(OCc2ccccc2)c1. The number of nitrogens with two attached hydrogens (primary N) is 1. The molecule has 126 valence electrons. The second-order valence-corrected chi connectivity index (χ2v) is 6.32. The van der Waals surface area contributed by atoms with Crippen molar-refractivity contribution in [2.24, 2.45) is 5.73 Å². The van der Waals surface area contributed by atoms with Crippen molar-refractivity contribution in [3.05, 3.63) is 66.0 Å². The van der Waals surface area contributed by atoms with Gasteiger partial charge in [-0.15, -0.1) is 0 Å². The van der Waals surface area contributed by atoms with E-state index in [0.717, 1.165) is 5.56 Å². The minimum Gasteiger partial charge on any atom is -0.487 e. The molecule has 0 fully saturated rings. The molecule has 0 aliphatic carbocycles. The zero-order chi connectivity index (χ0) is 17.6. The second kappa shape index (κ2) is 7.64. The zero-order valence-electron chi connectivity index (χ0n) is 14.2. The molecule has 1 aromatic carbocycles. The number of aromatic nitrogens is 1. The average Bonchev–Trinajstić information content (AvgIpc) is 2.52. The Morgan fingerprint density at radius 2 is 1.92 bits per heavy atom. The quantitative estimate of drug-likeness (QED) is 0.674. The monoisotopic (exact) mass is 326 g/mol. The molecule has 0 bridgehead atoms. The van der Waals surface area contributed by atoms with E-state index in [2.05, 4.69) is 4.98 Å². The molecule has 1 aromatic heterocycles. The molecule has 0 aliphatic rings. The van der Waals surface area contributed by atoms with Crippen LogP contribution in [-0.4, -0.2) is 16.6 Å². The van der Waals surface area contributed by atoms with E-state index in [1.165, 1.54) is 6.08 Å². The van der Waals surface area contributed by atoms with Crippen LogP contribution >= 0.6 is 0 Å². The van der Waals surface area contributed by atoms with E-state index in [-0.39, 0.29) is 5.70 Å². The molecule has 2 aromatic rings. The van der Waals surface area contributed by atoms with Crippen molar-refractivity contribution in [1.82, 2.24) is 4.98 Å². The number of carbonyl (C=O) groups is 1. The van der Waals surface area contributed by atoms with Gasteiger partial charge in [0, 0.05) is 23.5 Å². The molecule has 0 aliphatic heterocycles. The maximum atomic E-state index is 11.8. The Hall–Kier alpha value is -2.82. The first-order chi connectivity index (χ1) is 11.3. The fraction of sp³-hybridized carbons (Fsp3) is 0.263. The lowest BCUT2D eigenvalue weighted by molar-refractivity contribution is -0.148. The van der Waals surface area contributed by atoms with Gasteiger partial charge in [0.25, 0.3) is 0 Å². The minimum atomic E-state index is -0.563. The van der Waals surface area contributed by atoms with Crippen molar-refractivity contribution < 1.29 is 14.3 Å². The standard InChI is InChI=1S/C19H22N2O3/c1-19(2,3)24-18(22)10-17(20)15-9-16(12-21-11-15)23-13-14-7-5-4-6-8-14/h4-12H,13,20H2,1-3H3/b17-10+. The molecule has 1 heterocycles.